The minimum absolute atomic E-state index is 0.297. The summed E-state index contributed by atoms with van der Waals surface area (Å²) in [6.07, 6.45) is 8.29. The zero-order valence-electron chi connectivity index (χ0n) is 7.47. The Hall–Kier alpha value is -0.0400. The molecule has 64 valence electrons. The van der Waals surface area contributed by atoms with Crippen molar-refractivity contribution >= 4 is 0 Å². The van der Waals surface area contributed by atoms with Crippen LogP contribution in [0.5, 0.6) is 0 Å². The topological polar surface area (TPSA) is 26.0 Å². The van der Waals surface area contributed by atoms with Gasteiger partial charge in [-0.25, -0.2) is 0 Å². The maximum Gasteiger partial charge on any atom is 0.0215 e. The monoisotopic (exact) mass is 153 g/mol. The molecule has 0 amide bonds. The second-order valence-corrected chi connectivity index (χ2v) is 4.40. The van der Waals surface area contributed by atoms with Gasteiger partial charge >= 0.3 is 0 Å². The summed E-state index contributed by atoms with van der Waals surface area (Å²) >= 11 is 0. The van der Waals surface area contributed by atoms with Gasteiger partial charge < -0.3 is 5.73 Å². The minimum atomic E-state index is 0.297. The van der Waals surface area contributed by atoms with Crippen molar-refractivity contribution in [2.45, 2.75) is 51.0 Å². The van der Waals surface area contributed by atoms with Crippen molar-refractivity contribution in [3.63, 3.8) is 0 Å². The molecule has 2 rings (SSSR count). The van der Waals surface area contributed by atoms with Gasteiger partial charge in [0.05, 0.1) is 0 Å². The van der Waals surface area contributed by atoms with E-state index in [1.807, 2.05) is 0 Å². The minimum Gasteiger partial charge on any atom is -0.325 e. The molecule has 0 spiro atoms. The SMILES string of the molecule is CCC1CC1(N)C1CCCC1. The molecule has 2 atom stereocenters. The molecule has 2 aliphatic carbocycles. The standard InChI is InChI=1S/C10H19N/c1-2-8-7-10(8,11)9-5-3-4-6-9/h8-9H,2-7,11H2,1H3. The molecular formula is C10H19N. The third kappa shape index (κ3) is 1.10. The van der Waals surface area contributed by atoms with Crippen LogP contribution in [0.15, 0.2) is 0 Å². The normalized spacial score (nSPS) is 44.7. The lowest BCUT2D eigenvalue weighted by atomic mass is 9.94. The average Bonchev–Trinajstić information content (AvgIpc) is 2.55. The molecule has 2 N–H and O–H groups in total. The van der Waals surface area contributed by atoms with Gasteiger partial charge in [0.2, 0.25) is 0 Å². The van der Waals surface area contributed by atoms with E-state index in [1.165, 1.54) is 38.5 Å². The Bertz CT molecular complexity index is 149. The summed E-state index contributed by atoms with van der Waals surface area (Å²) in [7, 11) is 0. The van der Waals surface area contributed by atoms with Crippen LogP contribution in [0.1, 0.15) is 45.4 Å². The third-order valence-electron chi connectivity index (χ3n) is 3.81. The fourth-order valence-corrected chi connectivity index (χ4v) is 2.86. The zero-order valence-corrected chi connectivity index (χ0v) is 7.47. The highest BCUT2D eigenvalue weighted by Gasteiger charge is 2.54. The second-order valence-electron chi connectivity index (χ2n) is 4.40. The summed E-state index contributed by atoms with van der Waals surface area (Å²) in [6, 6.07) is 0. The molecule has 1 heteroatoms. The molecule has 0 bridgehead atoms. The Morgan fingerprint density at radius 1 is 1.36 bits per heavy atom. The summed E-state index contributed by atoms with van der Waals surface area (Å²) in [6.45, 7) is 2.27. The van der Waals surface area contributed by atoms with Crippen LogP contribution in [0, 0.1) is 11.8 Å². The van der Waals surface area contributed by atoms with E-state index >= 15 is 0 Å². The fourth-order valence-electron chi connectivity index (χ4n) is 2.86. The first-order valence-electron chi connectivity index (χ1n) is 5.06. The predicted molar refractivity (Wildman–Crippen MR) is 47.3 cm³/mol. The fraction of sp³-hybridized carbons (Fsp3) is 1.00. The molecule has 2 aliphatic rings. The van der Waals surface area contributed by atoms with Crippen molar-refractivity contribution in [2.75, 3.05) is 0 Å². The molecule has 11 heavy (non-hydrogen) atoms. The molecule has 0 heterocycles. The Balaban J connectivity index is 1.94. The van der Waals surface area contributed by atoms with Crippen molar-refractivity contribution in [1.29, 1.82) is 0 Å². The molecule has 2 saturated carbocycles. The lowest BCUT2D eigenvalue weighted by Crippen LogP contribution is -2.33. The van der Waals surface area contributed by atoms with Crippen molar-refractivity contribution in [3.05, 3.63) is 0 Å². The van der Waals surface area contributed by atoms with Crippen molar-refractivity contribution in [3.8, 4) is 0 Å². The Labute approximate surface area is 69.4 Å². The van der Waals surface area contributed by atoms with Gasteiger partial charge in [-0.1, -0.05) is 26.2 Å². The van der Waals surface area contributed by atoms with E-state index in [2.05, 4.69) is 6.92 Å². The Kier molecular flexibility index (Phi) is 1.71. The van der Waals surface area contributed by atoms with Gasteiger partial charge in [0.15, 0.2) is 0 Å². The molecule has 0 aromatic carbocycles. The maximum atomic E-state index is 6.31. The van der Waals surface area contributed by atoms with Gasteiger partial charge in [-0.2, -0.15) is 0 Å². The van der Waals surface area contributed by atoms with Gasteiger partial charge in [0.25, 0.3) is 0 Å². The van der Waals surface area contributed by atoms with Crippen molar-refractivity contribution in [1.82, 2.24) is 0 Å². The zero-order chi connectivity index (χ0) is 7.90. The van der Waals surface area contributed by atoms with Crippen LogP contribution in [0.25, 0.3) is 0 Å². The van der Waals surface area contributed by atoms with Crippen molar-refractivity contribution < 1.29 is 0 Å². The van der Waals surface area contributed by atoms with E-state index in [0.717, 1.165) is 11.8 Å². The summed E-state index contributed by atoms with van der Waals surface area (Å²) < 4.78 is 0. The molecule has 0 saturated heterocycles. The molecule has 0 radical (unpaired) electrons. The molecule has 0 aromatic heterocycles. The van der Waals surface area contributed by atoms with Crippen LogP contribution in [0.3, 0.4) is 0 Å². The molecule has 2 fully saturated rings. The van der Waals surface area contributed by atoms with Gasteiger partial charge in [-0.05, 0) is 31.1 Å². The highest BCUT2D eigenvalue weighted by atomic mass is 14.9. The van der Waals surface area contributed by atoms with Crippen LogP contribution >= 0.6 is 0 Å². The number of rotatable bonds is 2. The first-order valence-corrected chi connectivity index (χ1v) is 5.06. The van der Waals surface area contributed by atoms with Gasteiger partial charge in [-0.15, -0.1) is 0 Å². The lowest BCUT2D eigenvalue weighted by molar-refractivity contribution is 0.382. The largest absolute Gasteiger partial charge is 0.325 e. The summed E-state index contributed by atoms with van der Waals surface area (Å²) in [4.78, 5) is 0. The van der Waals surface area contributed by atoms with Crippen LogP contribution in [0.4, 0.5) is 0 Å². The molecule has 0 aromatic rings. The van der Waals surface area contributed by atoms with E-state index < -0.39 is 0 Å². The highest BCUT2D eigenvalue weighted by molar-refractivity contribution is 5.11. The van der Waals surface area contributed by atoms with Crippen LogP contribution in [-0.2, 0) is 0 Å². The predicted octanol–water partition coefficient (Wildman–Crippen LogP) is 2.30. The third-order valence-corrected chi connectivity index (χ3v) is 3.81. The van der Waals surface area contributed by atoms with E-state index in [-0.39, 0.29) is 0 Å². The van der Waals surface area contributed by atoms with Crippen LogP contribution in [0.2, 0.25) is 0 Å². The first-order chi connectivity index (χ1) is 5.27. The van der Waals surface area contributed by atoms with E-state index in [4.69, 9.17) is 5.73 Å². The summed E-state index contributed by atoms with van der Waals surface area (Å²) in [5.74, 6) is 1.75. The summed E-state index contributed by atoms with van der Waals surface area (Å²) in [5.41, 5.74) is 6.60. The molecule has 0 aliphatic heterocycles. The summed E-state index contributed by atoms with van der Waals surface area (Å²) in [5, 5.41) is 0. The highest BCUT2D eigenvalue weighted by Crippen LogP contribution is 2.53. The van der Waals surface area contributed by atoms with Crippen LogP contribution < -0.4 is 5.73 Å². The Morgan fingerprint density at radius 3 is 2.45 bits per heavy atom. The number of hydrogen-bond donors (Lipinski definition) is 1. The van der Waals surface area contributed by atoms with Gasteiger partial charge in [0.1, 0.15) is 0 Å². The second kappa shape index (κ2) is 2.48. The Morgan fingerprint density at radius 2 is 2.00 bits per heavy atom. The average molecular weight is 153 g/mol. The van der Waals surface area contributed by atoms with Gasteiger partial charge in [-0.3, -0.25) is 0 Å². The number of nitrogens with two attached hydrogens (primary N) is 1. The van der Waals surface area contributed by atoms with E-state index in [0.29, 0.717) is 5.54 Å². The lowest BCUT2D eigenvalue weighted by Gasteiger charge is -2.18. The number of hydrogen-bond acceptors (Lipinski definition) is 1. The molecule has 1 nitrogen and oxygen atoms in total. The van der Waals surface area contributed by atoms with Gasteiger partial charge in [0, 0.05) is 5.54 Å². The van der Waals surface area contributed by atoms with Crippen molar-refractivity contribution in [2.24, 2.45) is 17.6 Å². The van der Waals surface area contributed by atoms with E-state index in [9.17, 15) is 0 Å². The van der Waals surface area contributed by atoms with E-state index in [1.54, 1.807) is 0 Å². The molecular weight excluding hydrogens is 134 g/mol. The first kappa shape index (κ1) is 7.60. The van der Waals surface area contributed by atoms with Crippen LogP contribution in [-0.4, -0.2) is 5.54 Å². The quantitative estimate of drug-likeness (QED) is 0.647. The smallest absolute Gasteiger partial charge is 0.0215 e. The maximum absolute atomic E-state index is 6.31. The molecule has 2 unspecified atom stereocenters.